The van der Waals surface area contributed by atoms with Crippen molar-refractivity contribution in [1.82, 2.24) is 4.90 Å². The predicted molar refractivity (Wildman–Crippen MR) is 149 cm³/mol. The van der Waals surface area contributed by atoms with Crippen LogP contribution in [0.3, 0.4) is 0 Å². The Morgan fingerprint density at radius 1 is 1.15 bits per heavy atom. The van der Waals surface area contributed by atoms with E-state index in [4.69, 9.17) is 30.5 Å². The van der Waals surface area contributed by atoms with Crippen molar-refractivity contribution in [3.63, 3.8) is 0 Å². The molecule has 2 fully saturated rings. The first-order valence-corrected chi connectivity index (χ1v) is 14.4. The predicted octanol–water partition coefficient (Wildman–Crippen LogP) is 6.17. The van der Waals surface area contributed by atoms with E-state index in [9.17, 15) is 9.59 Å². The maximum atomic E-state index is 13.2. The summed E-state index contributed by atoms with van der Waals surface area (Å²) >= 11 is 6.03. The second-order valence-corrected chi connectivity index (χ2v) is 11.5. The van der Waals surface area contributed by atoms with Crippen molar-refractivity contribution in [1.29, 1.82) is 0 Å². The van der Waals surface area contributed by atoms with Crippen LogP contribution in [-0.2, 0) is 32.7 Å². The van der Waals surface area contributed by atoms with Crippen LogP contribution in [0.4, 0.5) is 4.79 Å². The Morgan fingerprint density at radius 2 is 1.95 bits per heavy atom. The molecule has 1 saturated carbocycles. The average molecular weight is 556 g/mol. The average Bonchev–Trinajstić information content (AvgIpc) is 2.92. The van der Waals surface area contributed by atoms with Crippen molar-refractivity contribution in [2.24, 2.45) is 0 Å². The van der Waals surface area contributed by atoms with Crippen molar-refractivity contribution in [3.8, 4) is 11.5 Å². The van der Waals surface area contributed by atoms with Gasteiger partial charge in [-0.15, -0.1) is 0 Å². The van der Waals surface area contributed by atoms with E-state index in [1.54, 1.807) is 18.9 Å². The van der Waals surface area contributed by atoms with Crippen LogP contribution in [0.25, 0.3) is 0 Å². The van der Waals surface area contributed by atoms with E-state index in [1.165, 1.54) is 0 Å². The van der Waals surface area contributed by atoms with Crippen LogP contribution in [0.5, 0.6) is 11.5 Å². The number of carbonyl (C=O) groups is 2. The summed E-state index contributed by atoms with van der Waals surface area (Å²) in [7, 11) is 1.70. The van der Waals surface area contributed by atoms with Gasteiger partial charge < -0.3 is 23.8 Å². The Bertz CT molecular complexity index is 1200. The quantitative estimate of drug-likeness (QED) is 0.272. The number of fused-ring (bicyclic) bond motifs is 1. The summed E-state index contributed by atoms with van der Waals surface area (Å²) in [6.45, 7) is 5.16. The minimum Gasteiger partial charge on any atom is -0.489 e. The number of Topliss-reactive ketones (excluding diaryl/α,β-unsaturated/α-hetero) is 1. The molecule has 39 heavy (non-hydrogen) atoms. The lowest BCUT2D eigenvalue weighted by atomic mass is 9.49. The topological polar surface area (TPSA) is 74.3 Å². The lowest BCUT2D eigenvalue weighted by Crippen LogP contribution is -2.74. The molecule has 7 nitrogen and oxygen atoms in total. The van der Waals surface area contributed by atoms with Gasteiger partial charge in [0.1, 0.15) is 12.4 Å². The molecule has 1 unspecified atom stereocenters. The summed E-state index contributed by atoms with van der Waals surface area (Å²) in [5, 5.41) is 0. The Hall–Kier alpha value is -2.77. The minimum absolute atomic E-state index is 0.204. The smallest absolute Gasteiger partial charge is 0.411 e. The molecule has 1 amide bonds. The number of methoxy groups -OCH3 is 1. The maximum Gasteiger partial charge on any atom is 0.411 e. The third kappa shape index (κ3) is 4.89. The molecule has 0 N–H and O–H groups in total. The fourth-order valence-electron chi connectivity index (χ4n) is 7.02. The van der Waals surface area contributed by atoms with Gasteiger partial charge in [-0.25, -0.2) is 4.79 Å². The second kappa shape index (κ2) is 11.4. The fraction of sp³-hybridized carbons (Fsp3) is 0.548. The number of halogens is 1. The van der Waals surface area contributed by atoms with Crippen LogP contribution in [0.2, 0.25) is 0 Å². The van der Waals surface area contributed by atoms with E-state index < -0.39 is 22.7 Å². The van der Waals surface area contributed by atoms with E-state index in [0.29, 0.717) is 63.4 Å². The number of ketones is 1. The third-order valence-corrected chi connectivity index (χ3v) is 8.81. The summed E-state index contributed by atoms with van der Waals surface area (Å²) in [6.07, 6.45) is 3.84. The van der Waals surface area contributed by atoms with Gasteiger partial charge in [0.05, 0.1) is 18.2 Å². The van der Waals surface area contributed by atoms with Crippen molar-refractivity contribution in [3.05, 3.63) is 59.2 Å². The standard InChI is InChI=1S/C31H38ClNO6/c1-4-5-17-37-28-25(38-20-22-9-7-6-8-10-22)12-11-23-18-26-31(36-3)14-13-24(34)19-30(31,27(23)28)15-16-33(26)29(35)39-21(2)32/h6-12,21,26H,4-5,13-20H2,1-3H3/t21?,26-,30-,31-/m1/s1. The number of hydrogen-bond donors (Lipinski definition) is 0. The van der Waals surface area contributed by atoms with Crippen molar-refractivity contribution >= 4 is 23.5 Å². The Labute approximate surface area is 235 Å². The molecule has 8 heteroatoms. The number of benzene rings is 2. The summed E-state index contributed by atoms with van der Waals surface area (Å²) in [4.78, 5) is 28.1. The molecular formula is C31H38ClNO6. The highest BCUT2D eigenvalue weighted by molar-refractivity contribution is 6.19. The highest BCUT2D eigenvalue weighted by Crippen LogP contribution is 2.62. The zero-order chi connectivity index (χ0) is 27.6. The van der Waals surface area contributed by atoms with Gasteiger partial charge in [0.25, 0.3) is 0 Å². The Balaban J connectivity index is 1.63. The summed E-state index contributed by atoms with van der Waals surface area (Å²) < 4.78 is 24.8. The molecule has 0 radical (unpaired) electrons. The molecule has 2 aliphatic carbocycles. The number of likely N-dealkylation sites (tertiary alicyclic amines) is 1. The number of nitrogens with zero attached hydrogens (tertiary/aromatic N) is 1. The molecule has 1 saturated heterocycles. The van der Waals surface area contributed by atoms with Gasteiger partial charge in [-0.3, -0.25) is 4.79 Å². The number of piperidine rings is 1. The van der Waals surface area contributed by atoms with Crippen LogP contribution in [0.1, 0.15) is 69.1 Å². The number of alkyl halides is 1. The summed E-state index contributed by atoms with van der Waals surface area (Å²) in [5.74, 6) is 1.58. The largest absolute Gasteiger partial charge is 0.489 e. The highest BCUT2D eigenvalue weighted by atomic mass is 35.5. The molecule has 2 aromatic carbocycles. The Kier molecular flexibility index (Phi) is 8.11. The molecular weight excluding hydrogens is 518 g/mol. The van der Waals surface area contributed by atoms with Gasteiger partial charge in [-0.1, -0.05) is 61.3 Å². The first-order chi connectivity index (χ1) is 18.8. The summed E-state index contributed by atoms with van der Waals surface area (Å²) in [6, 6.07) is 13.8. The minimum atomic E-state index is -0.762. The Morgan fingerprint density at radius 3 is 2.67 bits per heavy atom. The first-order valence-electron chi connectivity index (χ1n) is 14.0. The van der Waals surface area contributed by atoms with Gasteiger partial charge in [-0.2, -0.15) is 0 Å². The normalized spacial score (nSPS) is 26.3. The number of rotatable bonds is 9. The zero-order valence-corrected chi connectivity index (χ0v) is 23.8. The monoisotopic (exact) mass is 555 g/mol. The zero-order valence-electron chi connectivity index (χ0n) is 23.0. The number of ether oxygens (including phenoxy) is 4. The highest BCUT2D eigenvalue weighted by Gasteiger charge is 2.68. The van der Waals surface area contributed by atoms with Gasteiger partial charge in [0.2, 0.25) is 0 Å². The molecule has 0 aromatic heterocycles. The van der Waals surface area contributed by atoms with Crippen molar-refractivity contribution in [2.45, 2.75) is 88.0 Å². The second-order valence-electron chi connectivity index (χ2n) is 10.9. The number of hydrogen-bond acceptors (Lipinski definition) is 6. The van der Waals surface area contributed by atoms with Gasteiger partial charge in [0, 0.05) is 37.5 Å². The number of carbonyl (C=O) groups excluding carboxylic acids is 2. The molecule has 1 aliphatic heterocycles. The molecule has 2 bridgehead atoms. The lowest BCUT2D eigenvalue weighted by molar-refractivity contribution is -0.182. The van der Waals surface area contributed by atoms with Crippen LogP contribution < -0.4 is 9.47 Å². The SMILES string of the molecule is CCCCOc1c(OCc2ccccc2)ccc2c1[C@]13CCN(C(=O)OC(C)Cl)[C@H](C2)[C@]1(OC)CCC(=O)C3. The van der Waals surface area contributed by atoms with Crippen LogP contribution in [-0.4, -0.2) is 54.2 Å². The summed E-state index contributed by atoms with van der Waals surface area (Å²) in [5.41, 5.74) is 0.974. The first kappa shape index (κ1) is 27.8. The lowest BCUT2D eigenvalue weighted by Gasteiger charge is -2.64. The molecule has 4 atom stereocenters. The van der Waals surface area contributed by atoms with Crippen molar-refractivity contribution in [2.75, 3.05) is 20.3 Å². The van der Waals surface area contributed by atoms with Crippen LogP contribution >= 0.6 is 11.6 Å². The molecule has 210 valence electrons. The van der Waals surface area contributed by atoms with E-state index in [0.717, 1.165) is 29.5 Å². The van der Waals surface area contributed by atoms with Gasteiger partial charge >= 0.3 is 6.09 Å². The van der Waals surface area contributed by atoms with Gasteiger partial charge in [0.15, 0.2) is 17.1 Å². The molecule has 1 heterocycles. The fourth-order valence-corrected chi connectivity index (χ4v) is 7.10. The van der Waals surface area contributed by atoms with E-state index in [2.05, 4.69) is 13.0 Å². The maximum absolute atomic E-state index is 13.2. The van der Waals surface area contributed by atoms with Crippen LogP contribution in [0, 0.1) is 0 Å². The number of amides is 1. The van der Waals surface area contributed by atoms with Gasteiger partial charge in [-0.05, 0) is 49.8 Å². The van der Waals surface area contributed by atoms with E-state index in [1.807, 2.05) is 36.4 Å². The molecule has 2 aromatic rings. The molecule has 5 rings (SSSR count). The molecule has 3 aliphatic rings. The van der Waals surface area contributed by atoms with E-state index in [-0.39, 0.29) is 11.8 Å². The molecule has 0 spiro atoms. The third-order valence-electron chi connectivity index (χ3n) is 8.72. The van der Waals surface area contributed by atoms with Crippen LogP contribution in [0.15, 0.2) is 42.5 Å². The number of unbranched alkanes of at least 4 members (excludes halogenated alkanes) is 1. The van der Waals surface area contributed by atoms with E-state index >= 15 is 0 Å². The van der Waals surface area contributed by atoms with Crippen molar-refractivity contribution < 1.29 is 28.5 Å².